The molecule has 5 rings (SSSR count). The third-order valence-corrected chi connectivity index (χ3v) is 7.39. The number of aliphatic hydroxyl groups excluding tert-OH is 2. The number of anilines is 1. The molecular formula is C30H36N2O2. The highest BCUT2D eigenvalue weighted by molar-refractivity contribution is 5.93. The Bertz CT molecular complexity index is 1040. The van der Waals surface area contributed by atoms with Gasteiger partial charge in [-0.1, -0.05) is 54.6 Å². The van der Waals surface area contributed by atoms with Crippen LogP contribution < -0.4 is 4.90 Å². The first-order valence-corrected chi connectivity index (χ1v) is 12.8. The van der Waals surface area contributed by atoms with Crippen LogP contribution >= 0.6 is 0 Å². The highest BCUT2D eigenvalue weighted by Gasteiger charge is 2.31. The van der Waals surface area contributed by atoms with Crippen LogP contribution in [0.4, 0.5) is 5.69 Å². The summed E-state index contributed by atoms with van der Waals surface area (Å²) in [7, 11) is 0. The molecule has 0 spiro atoms. The summed E-state index contributed by atoms with van der Waals surface area (Å²) >= 11 is 0. The number of hydrogen-bond donors (Lipinski definition) is 2. The quantitative estimate of drug-likeness (QED) is 0.502. The van der Waals surface area contributed by atoms with E-state index < -0.39 is 0 Å². The lowest BCUT2D eigenvalue weighted by atomic mass is 9.80. The van der Waals surface area contributed by atoms with Gasteiger partial charge in [-0.15, -0.1) is 0 Å². The number of nitrogens with zero attached hydrogens (tertiary/aromatic N) is 2. The van der Waals surface area contributed by atoms with Gasteiger partial charge < -0.3 is 15.1 Å². The van der Waals surface area contributed by atoms with E-state index in [0.29, 0.717) is 12.2 Å². The summed E-state index contributed by atoms with van der Waals surface area (Å²) in [6.45, 7) is 4.68. The van der Waals surface area contributed by atoms with Crippen LogP contribution in [-0.4, -0.2) is 53.9 Å². The second-order valence-corrected chi connectivity index (χ2v) is 9.74. The predicted octanol–water partition coefficient (Wildman–Crippen LogP) is 5.67. The fourth-order valence-corrected chi connectivity index (χ4v) is 5.44. The third kappa shape index (κ3) is 5.29. The van der Waals surface area contributed by atoms with Crippen LogP contribution in [0.1, 0.15) is 43.2 Å². The first kappa shape index (κ1) is 22.9. The highest BCUT2D eigenvalue weighted by atomic mass is 16.3. The molecule has 0 amide bonds. The largest absolute Gasteiger partial charge is 0.512 e. The Balaban J connectivity index is 1.47. The van der Waals surface area contributed by atoms with Gasteiger partial charge in [0.2, 0.25) is 0 Å². The molecule has 1 saturated carbocycles. The Hall–Kier alpha value is -2.82. The Labute approximate surface area is 203 Å². The van der Waals surface area contributed by atoms with Gasteiger partial charge in [-0.25, -0.2) is 0 Å². The molecule has 1 atom stereocenters. The van der Waals surface area contributed by atoms with Crippen LogP contribution in [0.5, 0.6) is 0 Å². The summed E-state index contributed by atoms with van der Waals surface area (Å²) in [5.41, 5.74) is 6.18. The lowest BCUT2D eigenvalue weighted by Crippen LogP contribution is -2.47. The molecule has 2 fully saturated rings. The molecular weight excluding hydrogens is 420 g/mol. The molecule has 2 aliphatic carbocycles. The van der Waals surface area contributed by atoms with Gasteiger partial charge in [-0.2, -0.15) is 0 Å². The molecule has 34 heavy (non-hydrogen) atoms. The minimum absolute atomic E-state index is 0.104. The lowest BCUT2D eigenvalue weighted by Gasteiger charge is -2.36. The molecule has 0 aromatic heterocycles. The van der Waals surface area contributed by atoms with Crippen molar-refractivity contribution < 1.29 is 10.2 Å². The molecule has 4 heteroatoms. The van der Waals surface area contributed by atoms with E-state index in [-0.39, 0.29) is 12.5 Å². The van der Waals surface area contributed by atoms with Crippen molar-refractivity contribution in [1.29, 1.82) is 0 Å². The van der Waals surface area contributed by atoms with Crippen molar-refractivity contribution in [3.8, 4) is 0 Å². The smallest absolute Gasteiger partial charge is 0.0931 e. The van der Waals surface area contributed by atoms with Crippen LogP contribution in [0, 0.1) is 5.92 Å². The number of piperazine rings is 1. The van der Waals surface area contributed by atoms with Gasteiger partial charge in [0.1, 0.15) is 0 Å². The predicted molar refractivity (Wildman–Crippen MR) is 141 cm³/mol. The lowest BCUT2D eigenvalue weighted by molar-refractivity contribution is 0.248. The first-order valence-electron chi connectivity index (χ1n) is 12.8. The maximum Gasteiger partial charge on any atom is 0.0931 e. The van der Waals surface area contributed by atoms with Gasteiger partial charge in [-0.3, -0.25) is 4.90 Å². The standard InChI is InChI=1S/C30H36N2O2/c33-21-5-10-29(23-6-2-1-3-7-23)30(25-8-4-9-28(34)22-25)24-11-13-26(14-12-24)31-17-19-32(20-18-31)27-15-16-27/h1-4,6-9,11-14,25,27,33-34H,5,10,15-22H2/b30-29+/t25-/m0/s1. The van der Waals surface area contributed by atoms with Crippen LogP contribution in [0.15, 0.2) is 78.6 Å². The normalized spacial score (nSPS) is 21.9. The molecule has 1 aliphatic heterocycles. The van der Waals surface area contributed by atoms with E-state index in [1.807, 2.05) is 12.1 Å². The molecule has 1 heterocycles. The molecule has 178 valence electrons. The second-order valence-electron chi connectivity index (χ2n) is 9.74. The number of aliphatic hydroxyl groups is 2. The minimum atomic E-state index is 0.104. The van der Waals surface area contributed by atoms with Crippen molar-refractivity contribution >= 4 is 16.8 Å². The molecule has 4 nitrogen and oxygen atoms in total. The number of benzene rings is 2. The molecule has 0 radical (unpaired) electrons. The fraction of sp³-hybridized carbons (Fsp3) is 0.400. The Morgan fingerprint density at radius 1 is 0.882 bits per heavy atom. The summed E-state index contributed by atoms with van der Waals surface area (Å²) in [5.74, 6) is 0.525. The van der Waals surface area contributed by atoms with Gasteiger partial charge in [0.25, 0.3) is 0 Å². The first-order chi connectivity index (χ1) is 16.7. The summed E-state index contributed by atoms with van der Waals surface area (Å²) in [4.78, 5) is 5.15. The average molecular weight is 457 g/mol. The van der Waals surface area contributed by atoms with Crippen molar-refractivity contribution in [2.24, 2.45) is 5.92 Å². The number of hydrogen-bond acceptors (Lipinski definition) is 4. The molecule has 2 aromatic carbocycles. The summed E-state index contributed by atoms with van der Waals surface area (Å²) < 4.78 is 0. The van der Waals surface area contributed by atoms with Crippen LogP contribution in [0.2, 0.25) is 0 Å². The van der Waals surface area contributed by atoms with E-state index in [2.05, 4.69) is 64.4 Å². The zero-order valence-electron chi connectivity index (χ0n) is 19.9. The van der Waals surface area contributed by atoms with Crippen LogP contribution in [-0.2, 0) is 0 Å². The fourth-order valence-electron chi connectivity index (χ4n) is 5.44. The zero-order chi connectivity index (χ0) is 23.3. The van der Waals surface area contributed by atoms with E-state index in [0.717, 1.165) is 45.1 Å². The van der Waals surface area contributed by atoms with Gasteiger partial charge >= 0.3 is 0 Å². The van der Waals surface area contributed by atoms with Crippen molar-refractivity contribution in [1.82, 2.24) is 4.90 Å². The van der Waals surface area contributed by atoms with Crippen molar-refractivity contribution in [2.75, 3.05) is 37.7 Å². The maximum absolute atomic E-state index is 10.3. The van der Waals surface area contributed by atoms with Crippen LogP contribution in [0.3, 0.4) is 0 Å². The molecule has 0 bridgehead atoms. The van der Waals surface area contributed by atoms with E-state index in [4.69, 9.17) is 0 Å². The molecule has 0 unspecified atom stereocenters. The topological polar surface area (TPSA) is 46.9 Å². The van der Waals surface area contributed by atoms with Gasteiger partial charge in [0, 0.05) is 56.9 Å². The van der Waals surface area contributed by atoms with Crippen molar-refractivity contribution in [2.45, 2.75) is 38.1 Å². The molecule has 1 saturated heterocycles. The Morgan fingerprint density at radius 3 is 2.26 bits per heavy atom. The number of rotatable bonds is 8. The Kier molecular flexibility index (Phi) is 7.17. The average Bonchev–Trinajstić information content (AvgIpc) is 3.73. The monoisotopic (exact) mass is 456 g/mol. The Morgan fingerprint density at radius 2 is 1.62 bits per heavy atom. The van der Waals surface area contributed by atoms with E-state index in [9.17, 15) is 10.2 Å². The van der Waals surface area contributed by atoms with E-state index in [1.54, 1.807) is 6.08 Å². The highest BCUT2D eigenvalue weighted by Crippen LogP contribution is 2.40. The summed E-state index contributed by atoms with van der Waals surface area (Å²) in [5, 5.41) is 19.9. The summed E-state index contributed by atoms with van der Waals surface area (Å²) in [6.07, 6.45) is 10.8. The summed E-state index contributed by atoms with van der Waals surface area (Å²) in [6, 6.07) is 20.4. The molecule has 2 aromatic rings. The third-order valence-electron chi connectivity index (χ3n) is 7.39. The number of allylic oxidation sites excluding steroid dienone is 6. The minimum Gasteiger partial charge on any atom is -0.512 e. The SMILES string of the molecule is OCCC/C(=C(/c1ccc(N2CCN(C3CC3)CC2)cc1)[C@H]1C=CC=C(O)C1)c1ccccc1. The van der Waals surface area contributed by atoms with E-state index >= 15 is 0 Å². The molecule has 3 aliphatic rings. The molecule has 2 N–H and O–H groups in total. The second kappa shape index (κ2) is 10.6. The van der Waals surface area contributed by atoms with Crippen LogP contribution in [0.25, 0.3) is 11.1 Å². The maximum atomic E-state index is 10.3. The van der Waals surface area contributed by atoms with Gasteiger partial charge in [0.05, 0.1) is 5.76 Å². The van der Waals surface area contributed by atoms with Gasteiger partial charge in [0.15, 0.2) is 0 Å². The van der Waals surface area contributed by atoms with E-state index in [1.165, 1.54) is 40.8 Å². The van der Waals surface area contributed by atoms with Crippen molar-refractivity contribution in [3.63, 3.8) is 0 Å². The van der Waals surface area contributed by atoms with Gasteiger partial charge in [-0.05, 0) is 66.2 Å². The zero-order valence-corrected chi connectivity index (χ0v) is 19.9. The van der Waals surface area contributed by atoms with Crippen molar-refractivity contribution in [3.05, 3.63) is 89.7 Å².